The first-order valence-electron chi connectivity index (χ1n) is 6.44. The molecular formula is C14H15FN4O2. The van der Waals surface area contributed by atoms with E-state index in [4.69, 9.17) is 0 Å². The minimum atomic E-state index is -0.528. The maximum Gasteiger partial charge on any atom is 0.311 e. The van der Waals surface area contributed by atoms with E-state index < -0.39 is 4.92 Å². The van der Waals surface area contributed by atoms with Gasteiger partial charge in [0.25, 0.3) is 0 Å². The van der Waals surface area contributed by atoms with Crippen LogP contribution in [0.5, 0.6) is 0 Å². The van der Waals surface area contributed by atoms with E-state index in [0.29, 0.717) is 23.6 Å². The van der Waals surface area contributed by atoms with E-state index in [0.717, 1.165) is 0 Å². The number of halogens is 1. The molecule has 21 heavy (non-hydrogen) atoms. The topological polar surface area (TPSA) is 80.1 Å². The normalized spacial score (nSPS) is 10.2. The third-order valence-electron chi connectivity index (χ3n) is 2.95. The van der Waals surface area contributed by atoms with E-state index in [2.05, 4.69) is 15.6 Å². The Kier molecular flexibility index (Phi) is 4.32. The summed E-state index contributed by atoms with van der Waals surface area (Å²) in [6.07, 6.45) is 0. The Hall–Kier alpha value is -2.70. The first kappa shape index (κ1) is 14.7. The van der Waals surface area contributed by atoms with Crippen LogP contribution in [0.2, 0.25) is 0 Å². The summed E-state index contributed by atoms with van der Waals surface area (Å²) in [4.78, 5) is 14.7. The summed E-state index contributed by atoms with van der Waals surface area (Å²) in [5, 5.41) is 16.9. The molecule has 0 atom stereocenters. The molecule has 0 aliphatic heterocycles. The Balaban J connectivity index is 2.43. The van der Waals surface area contributed by atoms with Gasteiger partial charge in [0.2, 0.25) is 5.82 Å². The summed E-state index contributed by atoms with van der Waals surface area (Å²) in [5.41, 5.74) is 0.655. The van der Waals surface area contributed by atoms with Gasteiger partial charge in [0.1, 0.15) is 11.6 Å². The molecule has 0 aliphatic carbocycles. The maximum absolute atomic E-state index is 13.5. The minimum Gasteiger partial charge on any atom is -0.370 e. The average Bonchev–Trinajstić information content (AvgIpc) is 2.44. The van der Waals surface area contributed by atoms with Crippen LogP contribution in [0.3, 0.4) is 0 Å². The van der Waals surface area contributed by atoms with Crippen molar-refractivity contribution >= 4 is 23.0 Å². The number of pyridine rings is 1. The van der Waals surface area contributed by atoms with Gasteiger partial charge in [0.15, 0.2) is 0 Å². The first-order valence-corrected chi connectivity index (χ1v) is 6.44. The second-order valence-corrected chi connectivity index (χ2v) is 4.39. The van der Waals surface area contributed by atoms with Gasteiger partial charge in [-0.05, 0) is 32.0 Å². The Morgan fingerprint density at radius 3 is 2.76 bits per heavy atom. The van der Waals surface area contributed by atoms with Crippen molar-refractivity contribution in [2.45, 2.75) is 13.8 Å². The van der Waals surface area contributed by atoms with Crippen molar-refractivity contribution < 1.29 is 9.31 Å². The fraction of sp³-hybridized carbons (Fsp3) is 0.214. The van der Waals surface area contributed by atoms with Gasteiger partial charge in [-0.2, -0.15) is 0 Å². The van der Waals surface area contributed by atoms with Gasteiger partial charge in [0, 0.05) is 23.9 Å². The molecule has 6 nitrogen and oxygen atoms in total. The third-order valence-corrected chi connectivity index (χ3v) is 2.95. The molecule has 0 amide bonds. The lowest BCUT2D eigenvalue weighted by Crippen LogP contribution is -2.05. The van der Waals surface area contributed by atoms with Gasteiger partial charge < -0.3 is 10.6 Å². The molecule has 0 saturated carbocycles. The van der Waals surface area contributed by atoms with E-state index in [9.17, 15) is 14.5 Å². The highest BCUT2D eigenvalue weighted by molar-refractivity contribution is 5.69. The molecule has 0 spiro atoms. The summed E-state index contributed by atoms with van der Waals surface area (Å²) in [6.45, 7) is 4.13. The van der Waals surface area contributed by atoms with Crippen molar-refractivity contribution in [3.63, 3.8) is 0 Å². The van der Waals surface area contributed by atoms with Gasteiger partial charge in [-0.15, -0.1) is 0 Å². The molecule has 0 aliphatic rings. The fourth-order valence-corrected chi connectivity index (χ4v) is 1.84. The lowest BCUT2D eigenvalue weighted by molar-refractivity contribution is -0.384. The Bertz CT molecular complexity index is 676. The number of nitrogens with zero attached hydrogens (tertiary/aromatic N) is 2. The monoisotopic (exact) mass is 290 g/mol. The number of hydrogen-bond donors (Lipinski definition) is 2. The second kappa shape index (κ2) is 6.17. The minimum absolute atomic E-state index is 0.0761. The van der Waals surface area contributed by atoms with Crippen LogP contribution in [-0.2, 0) is 0 Å². The lowest BCUT2D eigenvalue weighted by Gasteiger charge is -2.11. The van der Waals surface area contributed by atoms with Crippen molar-refractivity contribution in [3.8, 4) is 0 Å². The lowest BCUT2D eigenvalue weighted by atomic mass is 10.2. The number of nitro groups is 1. The predicted octanol–water partition coefficient (Wildman–Crippen LogP) is 3.61. The van der Waals surface area contributed by atoms with Gasteiger partial charge in [-0.3, -0.25) is 10.1 Å². The third kappa shape index (κ3) is 3.25. The van der Waals surface area contributed by atoms with Gasteiger partial charge in [0.05, 0.1) is 4.92 Å². The van der Waals surface area contributed by atoms with Gasteiger partial charge in [-0.1, -0.05) is 6.07 Å². The highest BCUT2D eigenvalue weighted by Crippen LogP contribution is 2.29. The Morgan fingerprint density at radius 1 is 1.33 bits per heavy atom. The molecular weight excluding hydrogens is 275 g/mol. The molecule has 0 radical (unpaired) electrons. The summed E-state index contributed by atoms with van der Waals surface area (Å²) >= 11 is 0. The SMILES string of the molecule is CCNc1ccc([N+](=O)[O-])c(Nc2cccc(F)c2C)n1. The van der Waals surface area contributed by atoms with E-state index in [1.54, 1.807) is 13.0 Å². The largest absolute Gasteiger partial charge is 0.370 e. The zero-order chi connectivity index (χ0) is 15.4. The number of benzene rings is 1. The van der Waals surface area contributed by atoms with Crippen LogP contribution in [0.4, 0.5) is 27.4 Å². The van der Waals surface area contributed by atoms with Crippen molar-refractivity contribution in [2.75, 3.05) is 17.2 Å². The molecule has 0 bridgehead atoms. The molecule has 110 valence electrons. The van der Waals surface area contributed by atoms with Crippen molar-refractivity contribution in [1.29, 1.82) is 0 Å². The van der Waals surface area contributed by atoms with E-state index in [-0.39, 0.29) is 17.3 Å². The number of nitrogens with one attached hydrogen (secondary N) is 2. The molecule has 2 aromatic rings. The Labute approximate surface area is 121 Å². The molecule has 2 rings (SSSR count). The van der Waals surface area contributed by atoms with Gasteiger partial charge >= 0.3 is 5.69 Å². The molecule has 0 saturated heterocycles. The summed E-state index contributed by atoms with van der Waals surface area (Å²) in [6, 6.07) is 7.40. The first-order chi connectivity index (χ1) is 10.0. The van der Waals surface area contributed by atoms with Crippen LogP contribution < -0.4 is 10.6 Å². The van der Waals surface area contributed by atoms with Crippen LogP contribution in [0.15, 0.2) is 30.3 Å². The molecule has 1 heterocycles. The summed E-state index contributed by atoms with van der Waals surface area (Å²) in [7, 11) is 0. The highest BCUT2D eigenvalue weighted by Gasteiger charge is 2.17. The summed E-state index contributed by atoms with van der Waals surface area (Å²) < 4.78 is 13.5. The molecule has 1 aromatic carbocycles. The zero-order valence-electron chi connectivity index (χ0n) is 11.7. The molecule has 0 fully saturated rings. The predicted molar refractivity (Wildman–Crippen MR) is 79.5 cm³/mol. The fourth-order valence-electron chi connectivity index (χ4n) is 1.84. The number of anilines is 3. The van der Waals surface area contributed by atoms with Crippen LogP contribution in [0.25, 0.3) is 0 Å². The molecule has 1 aromatic heterocycles. The maximum atomic E-state index is 13.5. The number of hydrogen-bond acceptors (Lipinski definition) is 5. The average molecular weight is 290 g/mol. The van der Waals surface area contributed by atoms with Crippen molar-refractivity contribution in [2.24, 2.45) is 0 Å². The smallest absolute Gasteiger partial charge is 0.311 e. The van der Waals surface area contributed by atoms with E-state index >= 15 is 0 Å². The van der Waals surface area contributed by atoms with Crippen molar-refractivity contribution in [1.82, 2.24) is 4.98 Å². The molecule has 7 heteroatoms. The van der Waals surface area contributed by atoms with Gasteiger partial charge in [-0.25, -0.2) is 9.37 Å². The van der Waals surface area contributed by atoms with E-state index in [1.807, 2.05) is 6.92 Å². The summed E-state index contributed by atoms with van der Waals surface area (Å²) in [5.74, 6) is 0.206. The van der Waals surface area contributed by atoms with Crippen molar-refractivity contribution in [3.05, 3.63) is 51.8 Å². The quantitative estimate of drug-likeness (QED) is 0.649. The molecule has 0 unspecified atom stereocenters. The van der Waals surface area contributed by atoms with Crippen LogP contribution in [0.1, 0.15) is 12.5 Å². The van der Waals surface area contributed by atoms with E-state index in [1.165, 1.54) is 24.3 Å². The Morgan fingerprint density at radius 2 is 2.10 bits per heavy atom. The van der Waals surface area contributed by atoms with Crippen LogP contribution in [0, 0.1) is 22.9 Å². The second-order valence-electron chi connectivity index (χ2n) is 4.39. The highest BCUT2D eigenvalue weighted by atomic mass is 19.1. The zero-order valence-corrected chi connectivity index (χ0v) is 11.7. The standard InChI is InChI=1S/C14H15FN4O2/c1-3-16-13-8-7-12(19(20)21)14(18-13)17-11-6-4-5-10(15)9(11)2/h4-8H,3H2,1-2H3,(H2,16,17,18). The van der Waals surface area contributed by atoms with Crippen LogP contribution in [-0.4, -0.2) is 16.5 Å². The molecule has 2 N–H and O–H groups in total. The van der Waals surface area contributed by atoms with Crippen LogP contribution >= 0.6 is 0 Å². The number of aromatic nitrogens is 1. The number of rotatable bonds is 5.